The Kier molecular flexibility index (Phi) is 5.16. The molecule has 0 aliphatic heterocycles. The molecule has 1 N–H and O–H groups in total. The van der Waals surface area contributed by atoms with Crippen LogP contribution in [0.2, 0.25) is 0 Å². The Labute approximate surface area is 68.9 Å². The summed E-state index contributed by atoms with van der Waals surface area (Å²) < 4.78 is 5.45. The highest BCUT2D eigenvalue weighted by atomic mass is 16.5. The number of unbranched alkanes of at least 4 members (excludes halogenated alkanes) is 1. The van der Waals surface area contributed by atoms with Crippen LogP contribution in [0, 0.1) is 0 Å². The molecule has 0 spiro atoms. The number of aliphatic hydroxyl groups excluding tert-OH is 1. The first-order valence-corrected chi connectivity index (χ1v) is 4.01. The molecule has 66 valence electrons. The number of aliphatic hydroxyl groups is 1. The largest absolute Gasteiger partial charge is 0.396 e. The highest BCUT2D eigenvalue weighted by molar-refractivity contribution is 4.89. The van der Waals surface area contributed by atoms with Crippen molar-refractivity contribution in [1.82, 2.24) is 0 Å². The van der Waals surface area contributed by atoms with Gasteiger partial charge in [0, 0.05) is 13.2 Å². The third kappa shape index (κ3) is 6.07. The van der Waals surface area contributed by atoms with Crippen LogP contribution in [0.25, 0.3) is 0 Å². The fourth-order valence-corrected chi connectivity index (χ4v) is 0.608. The number of hydrogen-bond donors (Lipinski definition) is 1. The summed E-state index contributed by atoms with van der Waals surface area (Å²) in [6, 6.07) is 0. The summed E-state index contributed by atoms with van der Waals surface area (Å²) in [7, 11) is 0. The van der Waals surface area contributed by atoms with Crippen molar-refractivity contribution in [3.63, 3.8) is 0 Å². The summed E-state index contributed by atoms with van der Waals surface area (Å²) in [4.78, 5) is 0. The van der Waals surface area contributed by atoms with Gasteiger partial charge in [0.15, 0.2) is 0 Å². The van der Waals surface area contributed by atoms with Gasteiger partial charge in [0.1, 0.15) is 0 Å². The molecule has 0 aromatic rings. The van der Waals surface area contributed by atoms with Crippen LogP contribution in [-0.2, 0) is 4.74 Å². The molecule has 0 bridgehead atoms. The second-order valence-electron chi connectivity index (χ2n) is 3.09. The van der Waals surface area contributed by atoms with Gasteiger partial charge in [-0.25, -0.2) is 0 Å². The Balaban J connectivity index is 3.30. The molecule has 0 rings (SSSR count). The van der Waals surface area contributed by atoms with Gasteiger partial charge in [0.05, 0.1) is 5.60 Å². The first-order valence-electron chi connectivity index (χ1n) is 4.01. The second kappa shape index (κ2) is 5.33. The molecule has 0 aliphatic carbocycles. The topological polar surface area (TPSA) is 29.5 Å². The summed E-state index contributed by atoms with van der Waals surface area (Å²) >= 11 is 0. The van der Waals surface area contributed by atoms with Crippen molar-refractivity contribution in [2.24, 2.45) is 0 Å². The van der Waals surface area contributed by atoms with E-state index in [9.17, 15) is 0 Å². The smallest absolute Gasteiger partial charge is 0.0803 e. The first kappa shape index (κ1) is 10.7. The third-order valence-electron chi connectivity index (χ3n) is 1.52. The summed E-state index contributed by atoms with van der Waals surface area (Å²) in [6.07, 6.45) is 3.51. The van der Waals surface area contributed by atoms with Crippen LogP contribution in [0.3, 0.4) is 0 Å². The van der Waals surface area contributed by atoms with E-state index < -0.39 is 0 Å². The lowest BCUT2D eigenvalue weighted by molar-refractivity contribution is 0.0163. The molecule has 0 saturated heterocycles. The van der Waals surface area contributed by atoms with Crippen molar-refractivity contribution < 1.29 is 9.84 Å². The number of hydrogen-bond acceptors (Lipinski definition) is 2. The molecular formula is C9H18O2. The van der Waals surface area contributed by atoms with E-state index in [2.05, 4.69) is 6.58 Å². The van der Waals surface area contributed by atoms with Crippen LogP contribution in [0.1, 0.15) is 26.7 Å². The summed E-state index contributed by atoms with van der Waals surface area (Å²) in [6.45, 7) is 8.54. The molecule has 0 heterocycles. The molecular weight excluding hydrogens is 140 g/mol. The van der Waals surface area contributed by atoms with Crippen molar-refractivity contribution in [3.05, 3.63) is 12.7 Å². The van der Waals surface area contributed by atoms with Gasteiger partial charge >= 0.3 is 0 Å². The van der Waals surface area contributed by atoms with Crippen LogP contribution in [0.4, 0.5) is 0 Å². The Morgan fingerprint density at radius 2 is 2.09 bits per heavy atom. The van der Waals surface area contributed by atoms with E-state index in [1.807, 2.05) is 13.8 Å². The lowest BCUT2D eigenvalue weighted by Crippen LogP contribution is -2.21. The summed E-state index contributed by atoms with van der Waals surface area (Å²) in [5, 5.41) is 8.48. The van der Waals surface area contributed by atoms with Gasteiger partial charge in [-0.05, 0) is 26.7 Å². The third-order valence-corrected chi connectivity index (χ3v) is 1.52. The zero-order chi connectivity index (χ0) is 8.74. The van der Waals surface area contributed by atoms with Crippen molar-refractivity contribution in [1.29, 1.82) is 0 Å². The monoisotopic (exact) mass is 158 g/mol. The molecule has 0 radical (unpaired) electrons. The molecule has 11 heavy (non-hydrogen) atoms. The molecule has 0 aliphatic rings. The summed E-state index contributed by atoms with van der Waals surface area (Å²) in [5.41, 5.74) is -0.227. The van der Waals surface area contributed by atoms with Gasteiger partial charge < -0.3 is 9.84 Å². The average Bonchev–Trinajstić information content (AvgIpc) is 1.99. The zero-order valence-corrected chi connectivity index (χ0v) is 7.47. The second-order valence-corrected chi connectivity index (χ2v) is 3.09. The predicted octanol–water partition coefficient (Wildman–Crippen LogP) is 1.74. The molecule has 0 unspecified atom stereocenters. The molecule has 0 amide bonds. The van der Waals surface area contributed by atoms with Crippen LogP contribution < -0.4 is 0 Å². The van der Waals surface area contributed by atoms with E-state index in [-0.39, 0.29) is 12.2 Å². The minimum atomic E-state index is -0.227. The molecule has 0 atom stereocenters. The molecule has 0 fully saturated rings. The van der Waals surface area contributed by atoms with E-state index in [1.165, 1.54) is 0 Å². The first-order chi connectivity index (χ1) is 5.12. The minimum absolute atomic E-state index is 0.227. The maximum Gasteiger partial charge on any atom is 0.0803 e. The minimum Gasteiger partial charge on any atom is -0.396 e. The van der Waals surface area contributed by atoms with Gasteiger partial charge in [0.25, 0.3) is 0 Å². The van der Waals surface area contributed by atoms with Crippen molar-refractivity contribution in [3.8, 4) is 0 Å². The molecule has 2 nitrogen and oxygen atoms in total. The Morgan fingerprint density at radius 3 is 2.55 bits per heavy atom. The quantitative estimate of drug-likeness (QED) is 0.471. The lowest BCUT2D eigenvalue weighted by Gasteiger charge is -2.20. The van der Waals surface area contributed by atoms with Crippen LogP contribution in [0.15, 0.2) is 12.7 Å². The number of rotatable bonds is 6. The van der Waals surface area contributed by atoms with Gasteiger partial charge in [-0.2, -0.15) is 0 Å². The molecule has 0 aromatic carbocycles. The van der Waals surface area contributed by atoms with Crippen molar-refractivity contribution >= 4 is 0 Å². The van der Waals surface area contributed by atoms with Gasteiger partial charge in [-0.1, -0.05) is 6.08 Å². The molecule has 0 aromatic heterocycles. The average molecular weight is 158 g/mol. The van der Waals surface area contributed by atoms with E-state index in [1.54, 1.807) is 6.08 Å². The Bertz CT molecular complexity index is 108. The fourth-order valence-electron chi connectivity index (χ4n) is 0.608. The number of ether oxygens (including phenoxy) is 1. The van der Waals surface area contributed by atoms with Gasteiger partial charge in [-0.3, -0.25) is 0 Å². The van der Waals surface area contributed by atoms with E-state index in [4.69, 9.17) is 9.84 Å². The maximum atomic E-state index is 8.48. The Morgan fingerprint density at radius 1 is 1.45 bits per heavy atom. The zero-order valence-electron chi connectivity index (χ0n) is 7.47. The predicted molar refractivity (Wildman–Crippen MR) is 46.5 cm³/mol. The lowest BCUT2D eigenvalue weighted by atomic mass is 10.1. The van der Waals surface area contributed by atoms with Crippen LogP contribution in [-0.4, -0.2) is 23.9 Å². The van der Waals surface area contributed by atoms with Crippen LogP contribution in [0.5, 0.6) is 0 Å². The molecule has 2 heteroatoms. The highest BCUT2D eigenvalue weighted by Gasteiger charge is 2.11. The fraction of sp³-hybridized carbons (Fsp3) is 0.778. The van der Waals surface area contributed by atoms with Gasteiger partial charge in [-0.15, -0.1) is 6.58 Å². The standard InChI is InChI=1S/C9H18O2/c1-4-9(2,3)11-8-6-5-7-10/h4,10H,1,5-8H2,2-3H3. The summed E-state index contributed by atoms with van der Waals surface area (Å²) in [5.74, 6) is 0. The van der Waals surface area contributed by atoms with E-state index in [0.717, 1.165) is 12.8 Å². The Hall–Kier alpha value is -0.340. The SMILES string of the molecule is C=CC(C)(C)OCCCCO. The van der Waals surface area contributed by atoms with E-state index in [0.29, 0.717) is 6.61 Å². The van der Waals surface area contributed by atoms with Crippen molar-refractivity contribution in [2.45, 2.75) is 32.3 Å². The highest BCUT2D eigenvalue weighted by Crippen LogP contribution is 2.10. The van der Waals surface area contributed by atoms with Gasteiger partial charge in [0.2, 0.25) is 0 Å². The van der Waals surface area contributed by atoms with E-state index >= 15 is 0 Å². The van der Waals surface area contributed by atoms with Crippen LogP contribution >= 0.6 is 0 Å². The maximum absolute atomic E-state index is 8.48. The molecule has 0 saturated carbocycles. The van der Waals surface area contributed by atoms with Crippen molar-refractivity contribution in [2.75, 3.05) is 13.2 Å². The normalized spacial score (nSPS) is 11.5.